The first-order valence-electron chi connectivity index (χ1n) is 11.6. The number of amidine groups is 1. The fourth-order valence-electron chi connectivity index (χ4n) is 3.70. The Bertz CT molecular complexity index is 1470. The van der Waals surface area contributed by atoms with Gasteiger partial charge in [0, 0.05) is 29.1 Å². The Morgan fingerprint density at radius 2 is 1.47 bits per heavy atom. The molecule has 1 aliphatic rings. The first-order chi connectivity index (χ1) is 18.2. The van der Waals surface area contributed by atoms with Gasteiger partial charge in [0.15, 0.2) is 0 Å². The molecule has 5 aromatic rings. The van der Waals surface area contributed by atoms with Crippen molar-refractivity contribution in [2.45, 2.75) is 0 Å². The SMILES string of the molecule is Fc1c[c-]c(-c2ccccn2)c(F)c1.[Ir+3].[c-]1ccccc1N1[CH-]N(c2ccccc2)C(c2ccccc2)=N1. The van der Waals surface area contributed by atoms with E-state index in [0.717, 1.165) is 34.9 Å². The molecule has 1 aliphatic heterocycles. The summed E-state index contributed by atoms with van der Waals surface area (Å²) in [5.74, 6) is -0.389. The standard InChI is InChI=1S/C20H15N3.C11H6F2N.Ir/c1-4-10-17(11-5-1)20-21-23(19-14-8-3-9-15-19)16-22(20)18-12-6-2-7-13-18;12-8-4-5-9(10(13)7-8)11-3-1-2-6-14-11;/h1-14,16H;1-4,6-7H;/q-2;-1;+3. The molecule has 2 heterocycles. The van der Waals surface area contributed by atoms with Gasteiger partial charge in [-0.2, -0.15) is 29.4 Å². The Morgan fingerprint density at radius 1 is 0.763 bits per heavy atom. The summed E-state index contributed by atoms with van der Waals surface area (Å²) in [5.41, 5.74) is 3.70. The van der Waals surface area contributed by atoms with Crippen LogP contribution in [0.5, 0.6) is 0 Å². The monoisotopic (exact) mass is 680 g/mol. The van der Waals surface area contributed by atoms with Crippen molar-refractivity contribution in [1.82, 2.24) is 4.98 Å². The van der Waals surface area contributed by atoms with Gasteiger partial charge in [-0.3, -0.25) is 8.78 Å². The van der Waals surface area contributed by atoms with Crippen LogP contribution in [0.3, 0.4) is 0 Å². The molecule has 0 spiro atoms. The fourth-order valence-corrected chi connectivity index (χ4v) is 3.70. The van der Waals surface area contributed by atoms with Gasteiger partial charge in [0.2, 0.25) is 0 Å². The molecule has 4 nitrogen and oxygen atoms in total. The minimum absolute atomic E-state index is 0. The predicted octanol–water partition coefficient (Wildman–Crippen LogP) is 7.12. The number of anilines is 2. The summed E-state index contributed by atoms with van der Waals surface area (Å²) in [6.45, 7) is 1.99. The molecule has 0 saturated heterocycles. The third kappa shape index (κ3) is 6.38. The summed E-state index contributed by atoms with van der Waals surface area (Å²) in [4.78, 5) is 6.04. The van der Waals surface area contributed by atoms with Crippen LogP contribution in [0.15, 0.2) is 127 Å². The van der Waals surface area contributed by atoms with Gasteiger partial charge in [-0.25, -0.2) is 0 Å². The average Bonchev–Trinajstić information content (AvgIpc) is 3.41. The van der Waals surface area contributed by atoms with Crippen LogP contribution in [0.4, 0.5) is 20.2 Å². The Labute approximate surface area is 234 Å². The third-order valence-corrected chi connectivity index (χ3v) is 5.44. The summed E-state index contributed by atoms with van der Waals surface area (Å²) in [6, 6.07) is 41.0. The van der Waals surface area contributed by atoms with Gasteiger partial charge in [0.05, 0.1) is 0 Å². The van der Waals surface area contributed by atoms with Crippen LogP contribution >= 0.6 is 0 Å². The van der Waals surface area contributed by atoms with Gasteiger partial charge in [0.1, 0.15) is 5.84 Å². The predicted molar refractivity (Wildman–Crippen MR) is 142 cm³/mol. The molecule has 7 heteroatoms. The van der Waals surface area contributed by atoms with Crippen LogP contribution in [0, 0.1) is 30.4 Å². The average molecular weight is 680 g/mol. The molecule has 0 bridgehead atoms. The second-order valence-electron chi connectivity index (χ2n) is 7.96. The van der Waals surface area contributed by atoms with Gasteiger partial charge in [-0.05, 0) is 23.9 Å². The van der Waals surface area contributed by atoms with Crippen molar-refractivity contribution in [3.05, 3.63) is 157 Å². The number of hydrogen-bond acceptors (Lipinski definition) is 4. The zero-order valence-electron chi connectivity index (χ0n) is 20.0. The molecule has 0 amide bonds. The number of hydrogen-bond donors (Lipinski definition) is 0. The van der Waals surface area contributed by atoms with Crippen molar-refractivity contribution in [3.63, 3.8) is 0 Å². The molecular formula is C31H21F2IrN4. The molecule has 0 unspecified atom stereocenters. The summed E-state index contributed by atoms with van der Waals surface area (Å²) in [6.07, 6.45) is 1.55. The van der Waals surface area contributed by atoms with Gasteiger partial charge >= 0.3 is 20.1 Å². The van der Waals surface area contributed by atoms with Crippen molar-refractivity contribution >= 4 is 17.2 Å². The molecule has 188 valence electrons. The van der Waals surface area contributed by atoms with E-state index in [1.165, 1.54) is 0 Å². The first kappa shape index (κ1) is 26.9. The first-order valence-corrected chi connectivity index (χ1v) is 11.6. The minimum atomic E-state index is -0.649. The van der Waals surface area contributed by atoms with Crippen molar-refractivity contribution in [1.29, 1.82) is 0 Å². The number of aromatic nitrogens is 1. The maximum absolute atomic E-state index is 13.2. The molecule has 0 saturated carbocycles. The van der Waals surface area contributed by atoms with E-state index < -0.39 is 11.6 Å². The number of halogens is 2. The van der Waals surface area contributed by atoms with Crippen LogP contribution in [-0.4, -0.2) is 10.8 Å². The van der Waals surface area contributed by atoms with E-state index in [9.17, 15) is 8.78 Å². The second-order valence-corrected chi connectivity index (χ2v) is 7.96. The third-order valence-electron chi connectivity index (χ3n) is 5.44. The maximum atomic E-state index is 13.2. The topological polar surface area (TPSA) is 31.7 Å². The molecule has 0 N–H and O–H groups in total. The van der Waals surface area contributed by atoms with Gasteiger partial charge < -0.3 is 14.9 Å². The molecule has 1 aromatic heterocycles. The van der Waals surface area contributed by atoms with Gasteiger partial charge in [-0.15, -0.1) is 24.9 Å². The van der Waals surface area contributed by atoms with Crippen LogP contribution in [-0.2, 0) is 20.1 Å². The van der Waals surface area contributed by atoms with Crippen LogP contribution < -0.4 is 9.91 Å². The number of nitrogens with zero attached hydrogens (tertiary/aromatic N) is 4. The summed E-state index contributed by atoms with van der Waals surface area (Å²) in [7, 11) is 0. The van der Waals surface area contributed by atoms with E-state index in [-0.39, 0.29) is 25.7 Å². The molecule has 0 radical (unpaired) electrons. The van der Waals surface area contributed by atoms with Crippen LogP contribution in [0.2, 0.25) is 0 Å². The molecular weight excluding hydrogens is 659 g/mol. The molecule has 38 heavy (non-hydrogen) atoms. The zero-order chi connectivity index (χ0) is 25.5. The van der Waals surface area contributed by atoms with E-state index in [2.05, 4.69) is 46.3 Å². The fraction of sp³-hybridized carbons (Fsp3) is 0. The van der Waals surface area contributed by atoms with Crippen LogP contribution in [0.25, 0.3) is 11.3 Å². The number of hydrazone groups is 1. The summed E-state index contributed by atoms with van der Waals surface area (Å²) < 4.78 is 25.8. The second kappa shape index (κ2) is 12.9. The number of pyridine rings is 1. The largest absolute Gasteiger partial charge is 3.00 e. The van der Waals surface area contributed by atoms with E-state index in [1.807, 2.05) is 72.3 Å². The normalized spacial score (nSPS) is 12.2. The Balaban J connectivity index is 0.000000193. The Kier molecular flexibility index (Phi) is 9.09. The summed E-state index contributed by atoms with van der Waals surface area (Å²) in [5, 5.41) is 6.63. The Morgan fingerprint density at radius 3 is 2.13 bits per heavy atom. The molecule has 0 fully saturated rings. The number of rotatable bonds is 4. The van der Waals surface area contributed by atoms with E-state index in [4.69, 9.17) is 5.10 Å². The van der Waals surface area contributed by atoms with Crippen molar-refractivity contribution in [2.24, 2.45) is 5.10 Å². The number of benzene rings is 4. The molecule has 4 aromatic carbocycles. The molecule has 6 rings (SSSR count). The van der Waals surface area contributed by atoms with E-state index in [0.29, 0.717) is 5.69 Å². The van der Waals surface area contributed by atoms with Gasteiger partial charge in [-0.1, -0.05) is 78.0 Å². The zero-order valence-corrected chi connectivity index (χ0v) is 22.4. The molecule has 0 atom stereocenters. The van der Waals surface area contributed by atoms with E-state index in [1.54, 1.807) is 24.4 Å². The summed E-state index contributed by atoms with van der Waals surface area (Å²) >= 11 is 0. The van der Waals surface area contributed by atoms with Crippen molar-refractivity contribution < 1.29 is 28.9 Å². The van der Waals surface area contributed by atoms with Crippen molar-refractivity contribution in [2.75, 3.05) is 9.91 Å². The maximum Gasteiger partial charge on any atom is 3.00 e. The van der Waals surface area contributed by atoms with Crippen molar-refractivity contribution in [3.8, 4) is 11.3 Å². The molecule has 0 aliphatic carbocycles. The minimum Gasteiger partial charge on any atom is -0.456 e. The Hall–Kier alpha value is -4.19. The van der Waals surface area contributed by atoms with E-state index >= 15 is 0 Å². The number of para-hydroxylation sites is 2. The van der Waals surface area contributed by atoms with Gasteiger partial charge in [0.25, 0.3) is 0 Å². The van der Waals surface area contributed by atoms with Crippen LogP contribution in [0.1, 0.15) is 5.56 Å². The quantitative estimate of drug-likeness (QED) is 0.190. The smallest absolute Gasteiger partial charge is 0.456 e.